The molecule has 222 valence electrons. The maximum atomic E-state index is 13.0. The van der Waals surface area contributed by atoms with Gasteiger partial charge in [0.05, 0.1) is 30.0 Å². The molecule has 0 fully saturated rings. The number of pyridine rings is 1. The number of rotatable bonds is 7. The van der Waals surface area contributed by atoms with E-state index in [1.54, 1.807) is 35.4 Å². The predicted molar refractivity (Wildman–Crippen MR) is 164 cm³/mol. The molecule has 0 saturated heterocycles. The van der Waals surface area contributed by atoms with E-state index in [0.717, 1.165) is 27.9 Å². The topological polar surface area (TPSA) is 127 Å². The molecule has 1 aliphatic heterocycles. The lowest BCUT2D eigenvalue weighted by Gasteiger charge is -2.34. The van der Waals surface area contributed by atoms with Gasteiger partial charge in [0, 0.05) is 28.3 Å². The number of amides is 1. The summed E-state index contributed by atoms with van der Waals surface area (Å²) in [7, 11) is 0. The molecule has 0 saturated carbocycles. The number of aromatic nitrogens is 3. The van der Waals surface area contributed by atoms with Crippen molar-refractivity contribution in [1.82, 2.24) is 19.9 Å². The summed E-state index contributed by atoms with van der Waals surface area (Å²) < 4.78 is 15.3. The molecule has 0 bridgehead atoms. The van der Waals surface area contributed by atoms with Gasteiger partial charge in [0.25, 0.3) is 0 Å². The van der Waals surface area contributed by atoms with Gasteiger partial charge in [0.15, 0.2) is 0 Å². The van der Waals surface area contributed by atoms with Crippen LogP contribution in [0.15, 0.2) is 71.8 Å². The Bertz CT molecular complexity index is 1650. The van der Waals surface area contributed by atoms with Crippen molar-refractivity contribution < 1.29 is 24.2 Å². The molecule has 43 heavy (non-hydrogen) atoms. The fourth-order valence-electron chi connectivity index (χ4n) is 4.81. The van der Waals surface area contributed by atoms with E-state index in [4.69, 9.17) is 14.5 Å². The van der Waals surface area contributed by atoms with Crippen molar-refractivity contribution in [1.29, 1.82) is 0 Å². The molecule has 2 N–H and O–H groups in total. The summed E-state index contributed by atoms with van der Waals surface area (Å²) in [5, 5.41) is 9.37. The Morgan fingerprint density at radius 3 is 2.49 bits per heavy atom. The van der Waals surface area contributed by atoms with Gasteiger partial charge < -0.3 is 14.6 Å². The van der Waals surface area contributed by atoms with E-state index in [-0.39, 0.29) is 18.1 Å². The number of benzene rings is 2. The SMILES string of the molecule is Cc1cccc(C)c1-c1cc(OC2CN(C(=O)OC(C)(C)C)Cc3ncccc32)nc(NSc2cccc(C(=O)O)c2)n1. The van der Waals surface area contributed by atoms with Crippen molar-refractivity contribution in [2.24, 2.45) is 0 Å². The van der Waals surface area contributed by atoms with Gasteiger partial charge in [-0.2, -0.15) is 4.98 Å². The minimum atomic E-state index is -1.01. The molecule has 2 aromatic heterocycles. The minimum Gasteiger partial charge on any atom is -0.478 e. The average Bonchev–Trinajstić information content (AvgIpc) is 2.95. The first kappa shape index (κ1) is 29.8. The van der Waals surface area contributed by atoms with Crippen LogP contribution in [0.2, 0.25) is 0 Å². The molecule has 10 nitrogen and oxygen atoms in total. The van der Waals surface area contributed by atoms with Crippen LogP contribution in [-0.4, -0.2) is 49.2 Å². The molecule has 0 aliphatic carbocycles. The third kappa shape index (κ3) is 7.23. The van der Waals surface area contributed by atoms with Crippen LogP contribution >= 0.6 is 11.9 Å². The van der Waals surface area contributed by atoms with Gasteiger partial charge in [-0.25, -0.2) is 14.6 Å². The zero-order valence-electron chi connectivity index (χ0n) is 24.6. The van der Waals surface area contributed by atoms with Crippen LogP contribution in [0.25, 0.3) is 11.3 Å². The van der Waals surface area contributed by atoms with Crippen LogP contribution in [0, 0.1) is 13.8 Å². The normalized spacial score (nSPS) is 14.5. The number of carbonyl (C=O) groups is 2. The third-order valence-corrected chi connectivity index (χ3v) is 7.47. The highest BCUT2D eigenvalue weighted by molar-refractivity contribution is 8.00. The Hall–Kier alpha value is -4.64. The lowest BCUT2D eigenvalue weighted by atomic mass is 10.00. The summed E-state index contributed by atoms with van der Waals surface area (Å²) in [6, 6.07) is 18.2. The number of carbonyl (C=O) groups excluding carboxylic acids is 1. The second kappa shape index (κ2) is 12.3. The van der Waals surface area contributed by atoms with E-state index >= 15 is 0 Å². The number of nitrogens with one attached hydrogen (secondary N) is 1. The number of anilines is 1. The van der Waals surface area contributed by atoms with Crippen molar-refractivity contribution in [3.05, 3.63) is 94.8 Å². The molecule has 5 rings (SSSR count). The van der Waals surface area contributed by atoms with E-state index in [1.165, 1.54) is 18.0 Å². The Labute approximate surface area is 254 Å². The number of aromatic carboxylic acids is 1. The highest BCUT2D eigenvalue weighted by Gasteiger charge is 2.33. The van der Waals surface area contributed by atoms with Gasteiger partial charge >= 0.3 is 12.1 Å². The van der Waals surface area contributed by atoms with Crippen LogP contribution < -0.4 is 9.46 Å². The Morgan fingerprint density at radius 2 is 1.77 bits per heavy atom. The van der Waals surface area contributed by atoms with Crippen molar-refractivity contribution >= 4 is 30.0 Å². The maximum Gasteiger partial charge on any atom is 0.410 e. The van der Waals surface area contributed by atoms with Crippen molar-refractivity contribution in [3.63, 3.8) is 0 Å². The van der Waals surface area contributed by atoms with E-state index < -0.39 is 23.8 Å². The minimum absolute atomic E-state index is 0.181. The van der Waals surface area contributed by atoms with Crippen molar-refractivity contribution in [3.8, 4) is 17.1 Å². The van der Waals surface area contributed by atoms with Gasteiger partial charge in [-0.05, 0) is 82.0 Å². The lowest BCUT2D eigenvalue weighted by Crippen LogP contribution is -2.43. The van der Waals surface area contributed by atoms with Gasteiger partial charge in [0.1, 0.15) is 11.7 Å². The summed E-state index contributed by atoms with van der Waals surface area (Å²) in [6.07, 6.45) is 0.689. The van der Waals surface area contributed by atoms with E-state index in [9.17, 15) is 14.7 Å². The first-order valence-corrected chi connectivity index (χ1v) is 14.6. The quantitative estimate of drug-likeness (QED) is 0.218. The molecular formula is C32H33N5O5S. The first-order chi connectivity index (χ1) is 20.5. The number of hydrogen-bond donors (Lipinski definition) is 2. The summed E-state index contributed by atoms with van der Waals surface area (Å²) in [4.78, 5) is 40.7. The molecule has 1 unspecified atom stereocenters. The van der Waals surface area contributed by atoms with Gasteiger partial charge in [-0.3, -0.25) is 14.6 Å². The highest BCUT2D eigenvalue weighted by Crippen LogP contribution is 2.34. The Kier molecular flexibility index (Phi) is 8.54. The van der Waals surface area contributed by atoms with Crippen LogP contribution in [0.4, 0.5) is 10.7 Å². The lowest BCUT2D eigenvalue weighted by molar-refractivity contribution is 0.0103. The first-order valence-electron chi connectivity index (χ1n) is 13.8. The van der Waals surface area contributed by atoms with Gasteiger partial charge in [0.2, 0.25) is 11.8 Å². The predicted octanol–water partition coefficient (Wildman–Crippen LogP) is 6.84. The highest BCUT2D eigenvalue weighted by atomic mass is 32.2. The zero-order chi connectivity index (χ0) is 30.7. The monoisotopic (exact) mass is 599 g/mol. The third-order valence-electron chi connectivity index (χ3n) is 6.69. The second-order valence-corrected chi connectivity index (χ2v) is 12.1. The average molecular weight is 600 g/mol. The second-order valence-electron chi connectivity index (χ2n) is 11.2. The van der Waals surface area contributed by atoms with E-state index in [0.29, 0.717) is 23.0 Å². The number of carboxylic acids is 1. The van der Waals surface area contributed by atoms with Gasteiger partial charge in [-0.1, -0.05) is 30.3 Å². The maximum absolute atomic E-state index is 13.0. The Morgan fingerprint density at radius 1 is 1.02 bits per heavy atom. The van der Waals surface area contributed by atoms with Crippen LogP contribution in [0.1, 0.15) is 59.6 Å². The van der Waals surface area contributed by atoms with Crippen molar-refractivity contribution in [2.75, 3.05) is 11.3 Å². The molecule has 0 spiro atoms. The number of fused-ring (bicyclic) bond motifs is 1. The summed E-state index contributed by atoms with van der Waals surface area (Å²) >= 11 is 1.20. The smallest absolute Gasteiger partial charge is 0.410 e. The summed E-state index contributed by atoms with van der Waals surface area (Å²) in [5.74, 6) is -0.415. The number of hydrogen-bond acceptors (Lipinski definition) is 9. The number of ether oxygens (including phenoxy) is 2. The van der Waals surface area contributed by atoms with Gasteiger partial charge in [-0.15, -0.1) is 0 Å². The molecule has 0 radical (unpaired) electrons. The standard InChI is InChI=1S/C32H33N5O5S/c1-19-9-6-10-20(2)28(19)24-16-27(35-30(34-24)36-43-22-12-7-11-21(15-22)29(38)39)41-26-18-37(31(40)42-32(3,4)5)17-25-23(26)13-8-14-33-25/h6-16,26H,17-18H2,1-5H3,(H,38,39)(H,34,35,36). The zero-order valence-corrected chi connectivity index (χ0v) is 25.4. The summed E-state index contributed by atoms with van der Waals surface area (Å²) in [6.45, 7) is 10.1. The van der Waals surface area contributed by atoms with Crippen LogP contribution in [0.5, 0.6) is 5.88 Å². The summed E-state index contributed by atoms with van der Waals surface area (Å²) in [5.41, 5.74) is 4.82. The van der Waals surface area contributed by atoms with E-state index in [1.807, 2.05) is 65.0 Å². The fourth-order valence-corrected chi connectivity index (χ4v) is 5.44. The van der Waals surface area contributed by atoms with E-state index in [2.05, 4.69) is 14.7 Å². The largest absolute Gasteiger partial charge is 0.478 e. The molecule has 3 heterocycles. The molecule has 1 atom stereocenters. The molecular weight excluding hydrogens is 566 g/mol. The van der Waals surface area contributed by atoms with Crippen LogP contribution in [-0.2, 0) is 11.3 Å². The molecule has 1 amide bonds. The molecule has 1 aliphatic rings. The molecule has 4 aromatic rings. The Balaban J connectivity index is 1.49. The van der Waals surface area contributed by atoms with Crippen LogP contribution in [0.3, 0.4) is 0 Å². The molecule has 11 heteroatoms. The number of aryl methyl sites for hydroxylation is 2. The molecule has 2 aromatic carbocycles. The fraction of sp³-hybridized carbons (Fsp3) is 0.281. The number of carboxylic acid groups (broad SMARTS) is 1. The number of nitrogens with zero attached hydrogens (tertiary/aromatic N) is 4. The van der Waals surface area contributed by atoms with Crippen molar-refractivity contribution in [2.45, 2.75) is 57.8 Å².